The molecule has 1 heterocycles. The Morgan fingerprint density at radius 2 is 2.04 bits per heavy atom. The lowest BCUT2D eigenvalue weighted by atomic mass is 9.98. The second-order valence-corrected chi connectivity index (χ2v) is 6.86. The number of ether oxygens (including phenoxy) is 1. The van der Waals surface area contributed by atoms with E-state index in [1.54, 1.807) is 11.9 Å². The summed E-state index contributed by atoms with van der Waals surface area (Å²) in [6.07, 6.45) is -4.39. The molecule has 0 aliphatic carbocycles. The minimum absolute atomic E-state index is 0.0399. The van der Waals surface area contributed by atoms with E-state index in [-0.39, 0.29) is 18.6 Å². The van der Waals surface area contributed by atoms with Gasteiger partial charge in [-0.3, -0.25) is 14.6 Å². The van der Waals surface area contributed by atoms with Gasteiger partial charge in [0.2, 0.25) is 0 Å². The van der Waals surface area contributed by atoms with Crippen LogP contribution in [0.15, 0.2) is 24.3 Å². The molecule has 1 aliphatic heterocycles. The van der Waals surface area contributed by atoms with E-state index in [0.717, 1.165) is 24.2 Å². The van der Waals surface area contributed by atoms with Crippen LogP contribution >= 0.6 is 0 Å². The fourth-order valence-corrected chi connectivity index (χ4v) is 3.19. The Morgan fingerprint density at radius 1 is 1.38 bits per heavy atom. The number of nitrogens with zero attached hydrogens (tertiary/aromatic N) is 2. The molecule has 1 aliphatic rings. The van der Waals surface area contributed by atoms with Gasteiger partial charge in [-0.1, -0.05) is 19.1 Å². The van der Waals surface area contributed by atoms with Crippen molar-refractivity contribution in [2.75, 3.05) is 46.4 Å². The molecule has 1 N–H and O–H groups in total. The number of hydrogen-bond acceptors (Lipinski definition) is 4. The van der Waals surface area contributed by atoms with Crippen LogP contribution in [0, 0.1) is 0 Å². The topological polar surface area (TPSA) is 53.0 Å². The van der Waals surface area contributed by atoms with Gasteiger partial charge in [-0.25, -0.2) is 0 Å². The largest absolute Gasteiger partial charge is 0.480 e. The van der Waals surface area contributed by atoms with Crippen LogP contribution in [0.25, 0.3) is 0 Å². The third-order valence-corrected chi connectivity index (χ3v) is 4.48. The van der Waals surface area contributed by atoms with Crippen molar-refractivity contribution in [1.29, 1.82) is 0 Å². The van der Waals surface area contributed by atoms with Gasteiger partial charge in [0.1, 0.15) is 0 Å². The van der Waals surface area contributed by atoms with Crippen molar-refractivity contribution < 1.29 is 27.8 Å². The average molecular weight is 374 g/mol. The Labute approximate surface area is 151 Å². The van der Waals surface area contributed by atoms with Crippen LogP contribution in [0.1, 0.15) is 24.0 Å². The fourth-order valence-electron chi connectivity index (χ4n) is 3.19. The summed E-state index contributed by atoms with van der Waals surface area (Å²) in [5.74, 6) is -0.788. The molecular weight excluding hydrogens is 349 g/mol. The number of aliphatic carboxylic acids is 1. The van der Waals surface area contributed by atoms with E-state index in [1.165, 1.54) is 12.1 Å². The fraction of sp³-hybridized carbons (Fsp3) is 0.611. The molecule has 0 saturated carbocycles. The van der Waals surface area contributed by atoms with E-state index in [4.69, 9.17) is 9.84 Å². The minimum Gasteiger partial charge on any atom is -0.480 e. The van der Waals surface area contributed by atoms with Crippen molar-refractivity contribution in [2.45, 2.75) is 25.1 Å². The SMILES string of the molecule is CC(CN1CCOC(CN(C)CC(=O)O)C1)c1ccc(C(F)(F)F)cc1. The first-order valence-electron chi connectivity index (χ1n) is 8.56. The highest BCUT2D eigenvalue weighted by Crippen LogP contribution is 2.30. The lowest BCUT2D eigenvalue weighted by Gasteiger charge is -2.36. The first-order valence-corrected chi connectivity index (χ1v) is 8.56. The zero-order chi connectivity index (χ0) is 19.3. The number of halogens is 3. The zero-order valence-corrected chi connectivity index (χ0v) is 15.0. The molecule has 26 heavy (non-hydrogen) atoms. The van der Waals surface area contributed by atoms with Crippen LogP contribution in [0.2, 0.25) is 0 Å². The molecule has 0 bridgehead atoms. The molecule has 8 heteroatoms. The summed E-state index contributed by atoms with van der Waals surface area (Å²) in [6, 6.07) is 5.31. The van der Waals surface area contributed by atoms with E-state index < -0.39 is 17.7 Å². The predicted octanol–water partition coefficient (Wildman–Crippen LogP) is 2.53. The number of rotatable bonds is 7. The molecule has 0 amide bonds. The van der Waals surface area contributed by atoms with Gasteiger partial charge in [0, 0.05) is 26.2 Å². The number of carbonyl (C=O) groups is 1. The van der Waals surface area contributed by atoms with Crippen molar-refractivity contribution in [1.82, 2.24) is 9.80 Å². The van der Waals surface area contributed by atoms with Gasteiger partial charge in [0.25, 0.3) is 0 Å². The summed E-state index contributed by atoms with van der Waals surface area (Å²) in [5, 5.41) is 8.82. The van der Waals surface area contributed by atoms with Crippen molar-refractivity contribution in [3.05, 3.63) is 35.4 Å². The van der Waals surface area contributed by atoms with Gasteiger partial charge in [0.05, 0.1) is 24.8 Å². The van der Waals surface area contributed by atoms with Crippen molar-refractivity contribution in [3.63, 3.8) is 0 Å². The lowest BCUT2D eigenvalue weighted by molar-refractivity contribution is -0.139. The molecule has 2 unspecified atom stereocenters. The molecule has 5 nitrogen and oxygen atoms in total. The summed E-state index contributed by atoms with van der Waals surface area (Å²) >= 11 is 0. The van der Waals surface area contributed by atoms with Crippen molar-refractivity contribution in [2.24, 2.45) is 0 Å². The Balaban J connectivity index is 1.88. The van der Waals surface area contributed by atoms with Crippen LogP contribution < -0.4 is 0 Å². The quantitative estimate of drug-likeness (QED) is 0.795. The number of morpholine rings is 1. The van der Waals surface area contributed by atoms with Crippen LogP contribution in [0.3, 0.4) is 0 Å². The molecule has 1 fully saturated rings. The summed E-state index contributed by atoms with van der Waals surface area (Å²) in [4.78, 5) is 14.7. The highest BCUT2D eigenvalue weighted by molar-refractivity contribution is 5.69. The van der Waals surface area contributed by atoms with Gasteiger partial charge in [-0.15, -0.1) is 0 Å². The monoisotopic (exact) mass is 374 g/mol. The maximum absolute atomic E-state index is 12.7. The highest BCUT2D eigenvalue weighted by atomic mass is 19.4. The van der Waals surface area contributed by atoms with Gasteiger partial charge in [0.15, 0.2) is 0 Å². The second kappa shape index (κ2) is 8.83. The number of alkyl halides is 3. The third-order valence-electron chi connectivity index (χ3n) is 4.48. The summed E-state index contributed by atoms with van der Waals surface area (Å²) in [5.41, 5.74) is 0.227. The Kier molecular flexibility index (Phi) is 7.02. The molecule has 0 aromatic heterocycles. The summed E-state index contributed by atoms with van der Waals surface area (Å²) in [7, 11) is 1.74. The number of benzene rings is 1. The van der Waals surface area contributed by atoms with Crippen LogP contribution in [-0.4, -0.2) is 73.4 Å². The Hall–Kier alpha value is -1.64. The third kappa shape index (κ3) is 6.26. The highest BCUT2D eigenvalue weighted by Gasteiger charge is 2.30. The standard InChI is InChI=1S/C18H25F3N2O3/c1-13(14-3-5-15(6-4-14)18(19,20)21)9-23-7-8-26-16(11-23)10-22(2)12-17(24)25/h3-6,13,16H,7-12H2,1-2H3,(H,24,25). The predicted molar refractivity (Wildman–Crippen MR) is 91.2 cm³/mol. The molecule has 0 radical (unpaired) electrons. The normalized spacial score (nSPS) is 20.3. The molecule has 2 atom stereocenters. The number of likely N-dealkylation sites (N-methyl/N-ethyl adjacent to an activating group) is 1. The average Bonchev–Trinajstić information content (AvgIpc) is 2.53. The van der Waals surface area contributed by atoms with E-state index in [0.29, 0.717) is 26.2 Å². The van der Waals surface area contributed by atoms with E-state index in [1.807, 2.05) is 6.92 Å². The van der Waals surface area contributed by atoms with Gasteiger partial charge >= 0.3 is 12.1 Å². The smallest absolute Gasteiger partial charge is 0.416 e. The van der Waals surface area contributed by atoms with Gasteiger partial charge in [-0.2, -0.15) is 13.2 Å². The first kappa shape index (κ1) is 20.7. The number of carboxylic acid groups (broad SMARTS) is 1. The number of carboxylic acids is 1. The van der Waals surface area contributed by atoms with Crippen LogP contribution in [0.5, 0.6) is 0 Å². The lowest BCUT2D eigenvalue weighted by Crippen LogP contribution is -2.48. The minimum atomic E-state index is -4.32. The molecule has 146 valence electrons. The molecule has 1 aromatic rings. The van der Waals surface area contributed by atoms with E-state index in [2.05, 4.69) is 4.90 Å². The molecule has 1 saturated heterocycles. The summed E-state index contributed by atoms with van der Waals surface area (Å²) in [6.45, 7) is 5.18. The molecule has 1 aromatic carbocycles. The molecule has 2 rings (SSSR count). The van der Waals surface area contributed by atoms with E-state index >= 15 is 0 Å². The van der Waals surface area contributed by atoms with Crippen LogP contribution in [-0.2, 0) is 15.7 Å². The Morgan fingerprint density at radius 3 is 2.62 bits per heavy atom. The number of hydrogen-bond donors (Lipinski definition) is 1. The second-order valence-electron chi connectivity index (χ2n) is 6.86. The van der Waals surface area contributed by atoms with Crippen molar-refractivity contribution >= 4 is 5.97 Å². The molecular formula is C18H25F3N2O3. The maximum atomic E-state index is 12.7. The zero-order valence-electron chi connectivity index (χ0n) is 15.0. The first-order chi connectivity index (χ1) is 12.1. The van der Waals surface area contributed by atoms with Crippen LogP contribution in [0.4, 0.5) is 13.2 Å². The Bertz CT molecular complexity index is 592. The molecule has 0 spiro atoms. The maximum Gasteiger partial charge on any atom is 0.416 e. The van der Waals surface area contributed by atoms with Crippen molar-refractivity contribution in [3.8, 4) is 0 Å². The van der Waals surface area contributed by atoms with E-state index in [9.17, 15) is 18.0 Å². The van der Waals surface area contributed by atoms with Gasteiger partial charge in [-0.05, 0) is 30.7 Å². The summed E-state index contributed by atoms with van der Waals surface area (Å²) < 4.78 is 43.7. The van der Waals surface area contributed by atoms with Gasteiger partial charge < -0.3 is 9.84 Å².